The maximum Gasteiger partial charge on any atom is 0.274 e. The second kappa shape index (κ2) is 7.47. The normalized spacial score (nSPS) is 16.6. The molecule has 1 aliphatic rings. The highest BCUT2D eigenvalue weighted by atomic mass is 32.1. The summed E-state index contributed by atoms with van der Waals surface area (Å²) >= 11 is 1.62. The van der Waals surface area contributed by atoms with Crippen molar-refractivity contribution in [2.75, 3.05) is 38.2 Å². The van der Waals surface area contributed by atoms with Gasteiger partial charge in [0.25, 0.3) is 11.8 Å². The Bertz CT molecular complexity index is 841. The number of ether oxygens (including phenoxy) is 1. The molecule has 0 bridgehead atoms. The molecule has 0 aliphatic carbocycles. The molecule has 4 rings (SSSR count). The van der Waals surface area contributed by atoms with Gasteiger partial charge in [0.2, 0.25) is 0 Å². The van der Waals surface area contributed by atoms with E-state index in [2.05, 4.69) is 34.2 Å². The highest BCUT2D eigenvalue weighted by molar-refractivity contribution is 7.13. The van der Waals surface area contributed by atoms with Crippen molar-refractivity contribution in [3.05, 3.63) is 47.7 Å². The predicted molar refractivity (Wildman–Crippen MR) is 102 cm³/mol. The number of piperazine rings is 1. The third kappa shape index (κ3) is 3.45. The van der Waals surface area contributed by atoms with Crippen molar-refractivity contribution in [3.8, 4) is 16.5 Å². The number of anilines is 1. The van der Waals surface area contributed by atoms with Gasteiger partial charge in [0.1, 0.15) is 5.75 Å². The first kappa shape index (κ1) is 17.1. The topological polar surface area (TPSA) is 55.8 Å². The Balaban J connectivity index is 1.39. The number of nitrogens with zero attached hydrogens (tertiary/aromatic N) is 3. The van der Waals surface area contributed by atoms with E-state index in [1.807, 2.05) is 29.6 Å². The molecule has 1 aliphatic heterocycles. The minimum absolute atomic E-state index is 0.198. The van der Waals surface area contributed by atoms with Crippen LogP contribution in [0.2, 0.25) is 0 Å². The van der Waals surface area contributed by atoms with Crippen LogP contribution in [-0.2, 0) is 0 Å². The Kier molecular flexibility index (Phi) is 4.90. The van der Waals surface area contributed by atoms with Gasteiger partial charge in [-0.05, 0) is 30.5 Å². The fourth-order valence-electron chi connectivity index (χ4n) is 3.38. The molecule has 1 aromatic carbocycles. The number of methoxy groups -OCH3 is 1. The fourth-order valence-corrected chi connectivity index (χ4v) is 4.02. The van der Waals surface area contributed by atoms with Crippen LogP contribution in [-0.4, -0.2) is 43.5 Å². The molecule has 0 unspecified atom stereocenters. The van der Waals surface area contributed by atoms with E-state index in [1.165, 1.54) is 10.6 Å². The molecule has 1 N–H and O–H groups in total. The van der Waals surface area contributed by atoms with E-state index in [0.29, 0.717) is 5.89 Å². The smallest absolute Gasteiger partial charge is 0.274 e. The van der Waals surface area contributed by atoms with Crippen molar-refractivity contribution in [2.45, 2.75) is 13.0 Å². The molecule has 26 heavy (non-hydrogen) atoms. The molecule has 0 spiro atoms. The SMILES string of the molecule is COc1cccc(N2CC[NH+]([C@H](C)c3nnc(-c4cccs4)o3)CC2)c1. The molecule has 0 radical (unpaired) electrons. The van der Waals surface area contributed by atoms with Crippen LogP contribution in [0.5, 0.6) is 5.75 Å². The molecule has 2 aromatic heterocycles. The second-order valence-corrected chi connectivity index (χ2v) is 7.44. The number of hydrogen-bond acceptors (Lipinski definition) is 6. The first-order valence-corrected chi connectivity index (χ1v) is 9.73. The van der Waals surface area contributed by atoms with Crippen LogP contribution < -0.4 is 14.5 Å². The average Bonchev–Trinajstić information content (AvgIpc) is 3.39. The van der Waals surface area contributed by atoms with E-state index >= 15 is 0 Å². The molecular weight excluding hydrogens is 348 g/mol. The van der Waals surface area contributed by atoms with Crippen LogP contribution in [0.15, 0.2) is 46.2 Å². The van der Waals surface area contributed by atoms with Crippen LogP contribution in [0.4, 0.5) is 5.69 Å². The summed E-state index contributed by atoms with van der Waals surface area (Å²) in [7, 11) is 1.71. The Morgan fingerprint density at radius 3 is 2.77 bits per heavy atom. The van der Waals surface area contributed by atoms with Crippen LogP contribution >= 0.6 is 11.3 Å². The molecular formula is C19H23N4O2S+. The average molecular weight is 371 g/mol. The van der Waals surface area contributed by atoms with Gasteiger partial charge < -0.3 is 19.0 Å². The largest absolute Gasteiger partial charge is 0.497 e. The Labute approximate surface area is 157 Å². The van der Waals surface area contributed by atoms with Gasteiger partial charge in [-0.2, -0.15) is 0 Å². The van der Waals surface area contributed by atoms with Crippen molar-refractivity contribution in [3.63, 3.8) is 0 Å². The molecule has 0 amide bonds. The Morgan fingerprint density at radius 1 is 1.19 bits per heavy atom. The van der Waals surface area contributed by atoms with Crippen LogP contribution in [0.1, 0.15) is 18.9 Å². The molecule has 1 fully saturated rings. The Hall–Kier alpha value is -2.38. The lowest BCUT2D eigenvalue weighted by Crippen LogP contribution is -3.14. The molecule has 3 aromatic rings. The van der Waals surface area contributed by atoms with Gasteiger partial charge in [0.15, 0.2) is 6.04 Å². The molecule has 7 heteroatoms. The summed E-state index contributed by atoms with van der Waals surface area (Å²) in [5.41, 5.74) is 1.22. The molecule has 0 saturated carbocycles. The lowest BCUT2D eigenvalue weighted by Gasteiger charge is -2.35. The van der Waals surface area contributed by atoms with Crippen molar-refractivity contribution in [2.24, 2.45) is 0 Å². The number of benzene rings is 1. The van der Waals surface area contributed by atoms with Gasteiger partial charge in [-0.1, -0.05) is 12.1 Å². The Morgan fingerprint density at radius 2 is 2.04 bits per heavy atom. The summed E-state index contributed by atoms with van der Waals surface area (Å²) in [6, 6.07) is 12.5. The van der Waals surface area contributed by atoms with Crippen LogP contribution in [0.25, 0.3) is 10.8 Å². The first-order valence-electron chi connectivity index (χ1n) is 8.85. The van der Waals surface area contributed by atoms with Crippen molar-refractivity contribution >= 4 is 17.0 Å². The predicted octanol–water partition coefficient (Wildman–Crippen LogP) is 2.27. The zero-order chi connectivity index (χ0) is 17.9. The zero-order valence-electron chi connectivity index (χ0n) is 15.0. The third-order valence-electron chi connectivity index (χ3n) is 4.98. The molecule has 6 nitrogen and oxygen atoms in total. The van der Waals surface area contributed by atoms with Gasteiger partial charge in [-0.3, -0.25) is 0 Å². The summed E-state index contributed by atoms with van der Waals surface area (Å²) in [6.07, 6.45) is 0. The standard InChI is InChI=1S/C19H22N4O2S/c1-14(18-20-21-19(25-18)17-7-4-12-26-17)22-8-10-23(11-9-22)15-5-3-6-16(13-15)24-2/h3-7,12-14H,8-11H2,1-2H3/p+1/t14-/m1/s1. The molecule has 1 atom stereocenters. The monoisotopic (exact) mass is 371 g/mol. The van der Waals surface area contributed by atoms with Gasteiger partial charge in [-0.25, -0.2) is 0 Å². The minimum Gasteiger partial charge on any atom is -0.497 e. The summed E-state index contributed by atoms with van der Waals surface area (Å²) in [4.78, 5) is 4.91. The van der Waals surface area contributed by atoms with Gasteiger partial charge in [0, 0.05) is 11.8 Å². The van der Waals surface area contributed by atoms with Crippen molar-refractivity contribution in [1.82, 2.24) is 10.2 Å². The maximum atomic E-state index is 5.92. The maximum absolute atomic E-state index is 5.92. The summed E-state index contributed by atoms with van der Waals surface area (Å²) in [6.45, 7) is 6.24. The highest BCUT2D eigenvalue weighted by Crippen LogP contribution is 2.24. The minimum atomic E-state index is 0.198. The summed E-state index contributed by atoms with van der Waals surface area (Å²) in [5.74, 6) is 2.24. The van der Waals surface area contributed by atoms with E-state index < -0.39 is 0 Å². The van der Waals surface area contributed by atoms with Crippen LogP contribution in [0.3, 0.4) is 0 Å². The van der Waals surface area contributed by atoms with Gasteiger partial charge >= 0.3 is 0 Å². The number of hydrogen-bond donors (Lipinski definition) is 1. The quantitative estimate of drug-likeness (QED) is 0.746. The van der Waals surface area contributed by atoms with Crippen molar-refractivity contribution in [1.29, 1.82) is 0 Å². The fraction of sp³-hybridized carbons (Fsp3) is 0.368. The van der Waals surface area contributed by atoms with Gasteiger partial charge in [0.05, 0.1) is 38.2 Å². The number of rotatable bonds is 5. The number of thiophene rings is 1. The van der Waals surface area contributed by atoms with Crippen molar-refractivity contribution < 1.29 is 14.1 Å². The highest BCUT2D eigenvalue weighted by Gasteiger charge is 2.29. The van der Waals surface area contributed by atoms with Gasteiger partial charge in [-0.15, -0.1) is 21.5 Å². The molecule has 3 heterocycles. The summed E-state index contributed by atoms with van der Waals surface area (Å²) < 4.78 is 11.3. The zero-order valence-corrected chi connectivity index (χ0v) is 15.8. The summed E-state index contributed by atoms with van der Waals surface area (Å²) in [5, 5.41) is 10.5. The lowest BCUT2D eigenvalue weighted by molar-refractivity contribution is -0.931. The van der Waals surface area contributed by atoms with Crippen LogP contribution in [0, 0.1) is 0 Å². The van der Waals surface area contributed by atoms with E-state index in [1.54, 1.807) is 18.4 Å². The van der Waals surface area contributed by atoms with E-state index in [-0.39, 0.29) is 6.04 Å². The van der Waals surface area contributed by atoms with E-state index in [9.17, 15) is 0 Å². The first-order chi connectivity index (χ1) is 12.7. The second-order valence-electron chi connectivity index (χ2n) is 6.49. The third-order valence-corrected chi connectivity index (χ3v) is 5.84. The number of quaternary nitrogens is 1. The number of nitrogens with one attached hydrogen (secondary N) is 1. The molecule has 1 saturated heterocycles. The van der Waals surface area contributed by atoms with E-state index in [0.717, 1.165) is 42.7 Å². The molecule has 136 valence electrons. The van der Waals surface area contributed by atoms with E-state index in [4.69, 9.17) is 9.15 Å². The lowest BCUT2D eigenvalue weighted by atomic mass is 10.2. The number of aromatic nitrogens is 2.